The lowest BCUT2D eigenvalue weighted by atomic mass is 9.83. The van der Waals surface area contributed by atoms with Crippen LogP contribution in [0.1, 0.15) is 6.42 Å². The van der Waals surface area contributed by atoms with Crippen molar-refractivity contribution in [2.45, 2.75) is 92.0 Å². The molecule has 1 saturated carbocycles. The molecule has 0 spiro atoms. The Labute approximate surface area is 189 Å². The van der Waals surface area contributed by atoms with Crippen LogP contribution in [0.3, 0.4) is 0 Å². The minimum atomic E-state index is -1.74. The van der Waals surface area contributed by atoms with E-state index in [4.69, 9.17) is 31.4 Å². The van der Waals surface area contributed by atoms with Crippen LogP contribution in [-0.4, -0.2) is 140 Å². The lowest BCUT2D eigenvalue weighted by molar-refractivity contribution is -0.305. The molecule has 0 aromatic heterocycles. The smallest absolute Gasteiger partial charge is 0.196 e. The maximum absolute atomic E-state index is 12.0. The van der Waals surface area contributed by atoms with E-state index in [0.29, 0.717) is 0 Å². The fourth-order valence-corrected chi connectivity index (χ4v) is 4.35. The third kappa shape index (κ3) is 5.21. The van der Waals surface area contributed by atoms with Crippen molar-refractivity contribution in [2.75, 3.05) is 13.2 Å². The molecule has 15 heteroatoms. The average molecular weight is 482 g/mol. The summed E-state index contributed by atoms with van der Waals surface area (Å²) in [6, 6.07) is -3.09. The lowest BCUT2D eigenvalue weighted by Gasteiger charge is -2.47. The summed E-state index contributed by atoms with van der Waals surface area (Å²) in [7, 11) is 0. The van der Waals surface area contributed by atoms with Crippen molar-refractivity contribution in [1.29, 1.82) is 0 Å². The summed E-state index contributed by atoms with van der Waals surface area (Å²) in [4.78, 5) is 12.0. The van der Waals surface area contributed by atoms with Crippen molar-refractivity contribution >= 4 is 5.78 Å². The van der Waals surface area contributed by atoms with Gasteiger partial charge in [-0.05, 0) is 6.42 Å². The van der Waals surface area contributed by atoms with Crippen LogP contribution < -0.4 is 22.5 Å². The zero-order valence-corrected chi connectivity index (χ0v) is 17.7. The Balaban J connectivity index is 1.66. The standard InChI is InChI=1S/C18H34N4O11/c19-2-6-11(26)13(28)15(30)17(31-6)22-5-1-4(20)16(14(29)9(5)24)33-18-12(27)8(21)10(25)7(3-23)32-18/h4-12,14-18,22-27,29-30H,1-3,19-21H2/t4-,5+,6-,7+,8-,9-,10+,11-,12+,14-,15-,16+,17+,18+/m1/s1. The molecule has 14 atom stereocenters. The third-order valence-electron chi connectivity index (χ3n) is 6.43. The van der Waals surface area contributed by atoms with Crippen LogP contribution in [0, 0.1) is 0 Å². The van der Waals surface area contributed by atoms with Gasteiger partial charge in [-0.2, -0.15) is 0 Å². The van der Waals surface area contributed by atoms with E-state index in [2.05, 4.69) is 5.32 Å². The zero-order chi connectivity index (χ0) is 24.6. The van der Waals surface area contributed by atoms with Crippen LogP contribution in [0.4, 0.5) is 0 Å². The molecule has 2 aliphatic heterocycles. The first-order valence-corrected chi connectivity index (χ1v) is 10.7. The summed E-state index contributed by atoms with van der Waals surface area (Å²) in [6.45, 7) is -0.797. The van der Waals surface area contributed by atoms with Gasteiger partial charge in [0.2, 0.25) is 0 Å². The van der Waals surface area contributed by atoms with Gasteiger partial charge in [0.1, 0.15) is 49.0 Å². The molecule has 15 nitrogen and oxygen atoms in total. The minimum absolute atomic E-state index is 0.0273. The fourth-order valence-electron chi connectivity index (χ4n) is 4.35. The van der Waals surface area contributed by atoms with Crippen LogP contribution in [0.25, 0.3) is 0 Å². The highest BCUT2D eigenvalue weighted by Crippen LogP contribution is 2.28. The van der Waals surface area contributed by atoms with E-state index in [1.54, 1.807) is 0 Å². The number of hydrogen-bond donors (Lipinski definition) is 11. The summed E-state index contributed by atoms with van der Waals surface area (Å²) in [5.41, 5.74) is 17.3. The molecule has 2 saturated heterocycles. The van der Waals surface area contributed by atoms with Gasteiger partial charge >= 0.3 is 0 Å². The summed E-state index contributed by atoms with van der Waals surface area (Å²) in [5.74, 6) is -0.897. The Kier molecular flexibility index (Phi) is 8.74. The van der Waals surface area contributed by atoms with Crippen LogP contribution >= 0.6 is 0 Å². The number of Topliss-reactive ketones (excluding diaryl/α,β-unsaturated/α-hetero) is 1. The van der Waals surface area contributed by atoms with Crippen molar-refractivity contribution in [3.05, 3.63) is 0 Å². The Morgan fingerprint density at radius 3 is 2.21 bits per heavy atom. The number of nitrogens with one attached hydrogen (secondary N) is 1. The highest BCUT2D eigenvalue weighted by atomic mass is 16.7. The number of carbonyl (C=O) groups is 1. The topological polar surface area (TPSA) is 276 Å². The Morgan fingerprint density at radius 1 is 0.939 bits per heavy atom. The molecular formula is C18H34N4O11. The predicted octanol–water partition coefficient (Wildman–Crippen LogP) is -7.48. The van der Waals surface area contributed by atoms with E-state index < -0.39 is 98.0 Å². The number of ether oxygens (including phenoxy) is 3. The lowest BCUT2D eigenvalue weighted by Crippen LogP contribution is -2.69. The number of rotatable bonds is 6. The van der Waals surface area contributed by atoms with Gasteiger partial charge in [-0.25, -0.2) is 0 Å². The number of ketones is 1. The zero-order valence-electron chi connectivity index (χ0n) is 17.7. The van der Waals surface area contributed by atoms with Crippen LogP contribution in [0.2, 0.25) is 0 Å². The van der Waals surface area contributed by atoms with Gasteiger partial charge in [-0.3, -0.25) is 10.1 Å². The van der Waals surface area contributed by atoms with Crippen molar-refractivity contribution in [3.63, 3.8) is 0 Å². The molecule has 0 bridgehead atoms. The van der Waals surface area contributed by atoms with E-state index in [9.17, 15) is 40.5 Å². The molecule has 3 rings (SSSR count). The normalized spacial score (nSPS) is 51.5. The second kappa shape index (κ2) is 10.8. The molecule has 3 fully saturated rings. The molecule has 0 amide bonds. The first-order valence-electron chi connectivity index (χ1n) is 10.7. The maximum Gasteiger partial charge on any atom is 0.196 e. The third-order valence-corrected chi connectivity index (χ3v) is 6.43. The Hall–Kier alpha value is -0.890. The quantitative estimate of drug-likeness (QED) is 0.168. The fraction of sp³-hybridized carbons (Fsp3) is 0.944. The summed E-state index contributed by atoms with van der Waals surface area (Å²) in [5, 5.41) is 73.4. The van der Waals surface area contributed by atoms with Gasteiger partial charge in [-0.15, -0.1) is 0 Å². The molecule has 33 heavy (non-hydrogen) atoms. The minimum Gasteiger partial charge on any atom is -0.394 e. The average Bonchev–Trinajstić information content (AvgIpc) is 2.80. The Bertz CT molecular complexity index is 675. The molecule has 192 valence electrons. The number of carbonyl (C=O) groups excluding carboxylic acids is 1. The van der Waals surface area contributed by atoms with Crippen molar-refractivity contribution in [3.8, 4) is 0 Å². The second-order valence-corrected chi connectivity index (χ2v) is 8.66. The first kappa shape index (κ1) is 26.7. The van der Waals surface area contributed by atoms with Crippen molar-refractivity contribution in [1.82, 2.24) is 5.32 Å². The van der Waals surface area contributed by atoms with E-state index in [0.717, 1.165) is 0 Å². The van der Waals surface area contributed by atoms with Crippen molar-refractivity contribution in [2.24, 2.45) is 17.2 Å². The van der Waals surface area contributed by atoms with E-state index in [1.165, 1.54) is 0 Å². The number of aliphatic hydroxyl groups excluding tert-OH is 7. The maximum atomic E-state index is 12.0. The first-order chi connectivity index (χ1) is 15.5. The summed E-state index contributed by atoms with van der Waals surface area (Å²) < 4.78 is 16.3. The molecule has 2 heterocycles. The number of nitrogens with two attached hydrogens (primary N) is 3. The largest absolute Gasteiger partial charge is 0.394 e. The number of hydrogen-bond acceptors (Lipinski definition) is 15. The molecule has 0 aromatic rings. The predicted molar refractivity (Wildman–Crippen MR) is 107 cm³/mol. The number of aliphatic hydroxyl groups is 7. The molecule has 1 aliphatic carbocycles. The second-order valence-electron chi connectivity index (χ2n) is 8.66. The summed E-state index contributed by atoms with van der Waals surface area (Å²) >= 11 is 0. The molecular weight excluding hydrogens is 448 g/mol. The molecule has 0 aromatic carbocycles. The molecule has 3 aliphatic rings. The molecule has 0 unspecified atom stereocenters. The van der Waals surface area contributed by atoms with Crippen LogP contribution in [0.5, 0.6) is 0 Å². The van der Waals surface area contributed by atoms with E-state index >= 15 is 0 Å². The van der Waals surface area contributed by atoms with Crippen molar-refractivity contribution < 1.29 is 54.8 Å². The highest BCUT2D eigenvalue weighted by molar-refractivity contribution is 5.88. The molecule has 0 radical (unpaired) electrons. The van der Waals surface area contributed by atoms with Gasteiger partial charge in [0.25, 0.3) is 0 Å². The van der Waals surface area contributed by atoms with E-state index in [1.807, 2.05) is 0 Å². The Morgan fingerprint density at radius 2 is 1.61 bits per heavy atom. The van der Waals surface area contributed by atoms with Crippen LogP contribution in [0.15, 0.2) is 0 Å². The van der Waals surface area contributed by atoms with Gasteiger partial charge in [0.15, 0.2) is 18.2 Å². The SMILES string of the molecule is NC[C@H]1O[C@H](N[C@H]2C[C@@H](N)[C@H](O[C@@H]3O[C@@H](CO)[C@H](O)[C@@H](N)[C@@H]3O)[C@H](O)[C@@H]2O)[C@H](O)C(=O)[C@@H]1O. The van der Waals surface area contributed by atoms with E-state index in [-0.39, 0.29) is 13.0 Å². The van der Waals surface area contributed by atoms with Gasteiger partial charge in [0.05, 0.1) is 18.8 Å². The monoisotopic (exact) mass is 482 g/mol. The van der Waals surface area contributed by atoms with Gasteiger partial charge in [0, 0.05) is 18.6 Å². The summed E-state index contributed by atoms with van der Waals surface area (Å²) in [6.07, 6.45) is -15.6. The van der Waals surface area contributed by atoms with Crippen LogP contribution in [-0.2, 0) is 19.0 Å². The van der Waals surface area contributed by atoms with Gasteiger partial charge < -0.3 is 67.2 Å². The molecule has 14 N–H and O–H groups in total. The highest BCUT2D eigenvalue weighted by Gasteiger charge is 2.50. The van der Waals surface area contributed by atoms with Gasteiger partial charge in [-0.1, -0.05) is 0 Å².